The van der Waals surface area contributed by atoms with Crippen LogP contribution in [-0.4, -0.2) is 31.4 Å². The summed E-state index contributed by atoms with van der Waals surface area (Å²) in [7, 11) is -8.31. The Morgan fingerprint density at radius 1 is 0.812 bits per heavy atom. The number of hydrogen-bond donors (Lipinski definition) is 0. The maximum atomic E-state index is 13.5. The van der Waals surface area contributed by atoms with E-state index in [2.05, 4.69) is 9.97 Å². The summed E-state index contributed by atoms with van der Waals surface area (Å²) < 4.78 is 55.6. The van der Waals surface area contributed by atoms with E-state index in [4.69, 9.17) is 0 Å². The first kappa shape index (κ1) is 20.6. The number of rotatable bonds is 6. The van der Waals surface area contributed by atoms with Crippen molar-refractivity contribution in [1.29, 1.82) is 0 Å². The number of benzene rings is 2. The molecule has 0 amide bonds. The van der Waals surface area contributed by atoms with Crippen LogP contribution < -0.4 is 0 Å². The van der Waals surface area contributed by atoms with Crippen molar-refractivity contribution in [3.8, 4) is 5.69 Å². The maximum Gasteiger partial charge on any atom is 0.225 e. The van der Waals surface area contributed by atoms with Crippen molar-refractivity contribution >= 4 is 19.7 Å². The Kier molecular flexibility index (Phi) is 4.94. The molecule has 1 saturated carbocycles. The minimum absolute atomic E-state index is 0.0507. The lowest BCUT2D eigenvalue weighted by atomic mass is 10.1. The molecule has 1 aliphatic carbocycles. The lowest BCUT2D eigenvalue weighted by Crippen LogP contribution is -2.13. The van der Waals surface area contributed by atoms with Crippen molar-refractivity contribution < 1.29 is 16.8 Å². The molecule has 0 spiro atoms. The Balaban J connectivity index is 1.69. The van der Waals surface area contributed by atoms with Gasteiger partial charge in [-0.2, -0.15) is 0 Å². The average molecular weight is 466 g/mol. The zero-order valence-electron chi connectivity index (χ0n) is 16.9. The maximum absolute atomic E-state index is 13.5. The van der Waals surface area contributed by atoms with E-state index >= 15 is 0 Å². The van der Waals surface area contributed by atoms with Gasteiger partial charge in [0.25, 0.3) is 0 Å². The van der Waals surface area contributed by atoms with Gasteiger partial charge < -0.3 is 4.57 Å². The van der Waals surface area contributed by atoms with Gasteiger partial charge in [-0.1, -0.05) is 18.2 Å². The zero-order chi connectivity index (χ0) is 22.3. The van der Waals surface area contributed by atoms with Crippen LogP contribution in [0.3, 0.4) is 0 Å². The molecule has 0 aliphatic heterocycles. The topological polar surface area (TPSA) is 99.0 Å². The minimum atomic E-state index is -4.21. The van der Waals surface area contributed by atoms with Crippen LogP contribution in [0, 0.1) is 0 Å². The molecule has 0 saturated heterocycles. The number of pyridine rings is 1. The van der Waals surface area contributed by atoms with Crippen LogP contribution in [0.25, 0.3) is 5.69 Å². The van der Waals surface area contributed by atoms with Gasteiger partial charge in [0.2, 0.25) is 19.7 Å². The van der Waals surface area contributed by atoms with E-state index in [0.29, 0.717) is 11.6 Å². The second kappa shape index (κ2) is 7.68. The highest BCUT2D eigenvalue weighted by molar-refractivity contribution is 7.94. The number of hydrogen-bond acceptors (Lipinski definition) is 6. The highest BCUT2D eigenvalue weighted by Crippen LogP contribution is 2.40. The quantitative estimate of drug-likeness (QED) is 0.429. The van der Waals surface area contributed by atoms with Gasteiger partial charge in [-0.05, 0) is 66.8 Å². The molecule has 1 aliphatic rings. The third kappa shape index (κ3) is 3.63. The lowest BCUT2D eigenvalue weighted by Gasteiger charge is -2.14. The summed E-state index contributed by atoms with van der Waals surface area (Å²) in [4.78, 5) is 7.37. The molecule has 0 N–H and O–H groups in total. The summed E-state index contributed by atoms with van der Waals surface area (Å²) in [5.74, 6) is 0.487. The highest BCUT2D eigenvalue weighted by Gasteiger charge is 2.31. The Morgan fingerprint density at radius 3 is 2.22 bits per heavy atom. The molecule has 0 atom stereocenters. The summed E-state index contributed by atoms with van der Waals surface area (Å²) in [6, 6.07) is 15.4. The van der Waals surface area contributed by atoms with Crippen molar-refractivity contribution in [2.24, 2.45) is 0 Å². The molecule has 0 unspecified atom stereocenters. The summed E-state index contributed by atoms with van der Waals surface area (Å²) in [6.07, 6.45) is 8.29. The van der Waals surface area contributed by atoms with Crippen molar-refractivity contribution in [2.45, 2.75) is 38.5 Å². The van der Waals surface area contributed by atoms with Crippen LogP contribution in [0.2, 0.25) is 0 Å². The molecule has 2 aromatic carbocycles. The van der Waals surface area contributed by atoms with Crippen LogP contribution >= 0.6 is 0 Å². The highest BCUT2D eigenvalue weighted by atomic mass is 32.2. The fourth-order valence-electron chi connectivity index (χ4n) is 3.58. The summed E-state index contributed by atoms with van der Waals surface area (Å²) in [5.41, 5.74) is 1.57. The molecule has 0 bridgehead atoms. The first-order chi connectivity index (χ1) is 15.4. The van der Waals surface area contributed by atoms with Crippen LogP contribution in [0.4, 0.5) is 0 Å². The van der Waals surface area contributed by atoms with Gasteiger partial charge in [0.1, 0.15) is 0 Å². The van der Waals surface area contributed by atoms with Gasteiger partial charge in [-0.25, -0.2) is 26.8 Å². The van der Waals surface area contributed by atoms with Crippen LogP contribution in [0.5, 0.6) is 0 Å². The zero-order valence-corrected chi connectivity index (χ0v) is 18.5. The Labute approximate surface area is 186 Å². The molecule has 2 aromatic heterocycles. The second-order valence-electron chi connectivity index (χ2n) is 7.62. The third-order valence-electron chi connectivity index (χ3n) is 5.46. The smallest absolute Gasteiger partial charge is 0.225 e. The molecule has 7 nitrogen and oxygen atoms in total. The molecule has 9 heteroatoms. The van der Waals surface area contributed by atoms with E-state index in [1.807, 2.05) is 0 Å². The van der Waals surface area contributed by atoms with Crippen molar-refractivity contribution in [1.82, 2.24) is 14.5 Å². The van der Waals surface area contributed by atoms with Crippen LogP contribution in [0.1, 0.15) is 24.3 Å². The molecule has 5 rings (SSSR count). The van der Waals surface area contributed by atoms with Crippen LogP contribution in [0.15, 0.2) is 105 Å². The Morgan fingerprint density at radius 2 is 1.59 bits per heavy atom. The Bertz CT molecular complexity index is 1480. The van der Waals surface area contributed by atoms with E-state index in [0.717, 1.165) is 18.4 Å². The SMILES string of the molecule is O=S(=O)(c1ccc(C2CC2)cc1)c1ccc(-n2ccnc2)cc1S(=O)(=O)c1ccccn1. The van der Waals surface area contributed by atoms with Crippen LogP contribution in [-0.2, 0) is 19.7 Å². The summed E-state index contributed by atoms with van der Waals surface area (Å²) in [6.45, 7) is 0. The standard InChI is InChI=1S/C23H19N3O4S2/c27-31(28,20-9-6-18(7-10-20)17-4-5-17)21-11-8-19(26-14-13-24-16-26)15-22(21)32(29,30)23-3-1-2-12-25-23/h1-3,6-17H,4-5H2. The van der Waals surface area contributed by atoms with Crippen molar-refractivity contribution in [3.63, 3.8) is 0 Å². The molecule has 1 fully saturated rings. The number of imidazole rings is 1. The van der Waals surface area contributed by atoms with E-state index in [1.54, 1.807) is 59.4 Å². The van der Waals surface area contributed by atoms with Crippen molar-refractivity contribution in [2.75, 3.05) is 0 Å². The fraction of sp³-hybridized carbons (Fsp3) is 0.130. The predicted octanol–water partition coefficient (Wildman–Crippen LogP) is 3.81. The predicted molar refractivity (Wildman–Crippen MR) is 117 cm³/mol. The largest absolute Gasteiger partial charge is 0.306 e. The molecule has 162 valence electrons. The molecule has 32 heavy (non-hydrogen) atoms. The van der Waals surface area contributed by atoms with Gasteiger partial charge in [-0.15, -0.1) is 0 Å². The summed E-state index contributed by atoms with van der Waals surface area (Å²) in [5, 5.41) is -0.219. The van der Waals surface area contributed by atoms with E-state index in [-0.39, 0.29) is 19.7 Å². The molecular weight excluding hydrogens is 446 g/mol. The van der Waals surface area contributed by atoms with Gasteiger partial charge in [0.05, 0.1) is 21.0 Å². The molecule has 0 radical (unpaired) electrons. The third-order valence-corrected chi connectivity index (χ3v) is 9.13. The number of nitrogens with zero attached hydrogens (tertiary/aromatic N) is 3. The Hall–Kier alpha value is -3.30. The molecule has 4 aromatic rings. The van der Waals surface area contributed by atoms with Gasteiger partial charge in [0.15, 0.2) is 5.03 Å². The average Bonchev–Trinajstić information content (AvgIpc) is 3.53. The van der Waals surface area contributed by atoms with Gasteiger partial charge in [0, 0.05) is 24.3 Å². The van der Waals surface area contributed by atoms with E-state index < -0.39 is 19.7 Å². The molecule has 2 heterocycles. The molecular formula is C23H19N3O4S2. The van der Waals surface area contributed by atoms with Crippen molar-refractivity contribution in [3.05, 3.63) is 91.1 Å². The first-order valence-corrected chi connectivity index (χ1v) is 13.0. The number of sulfone groups is 2. The minimum Gasteiger partial charge on any atom is -0.306 e. The second-order valence-corrected chi connectivity index (χ2v) is 11.4. The first-order valence-electron chi connectivity index (χ1n) is 10.0. The monoisotopic (exact) mass is 465 g/mol. The fourth-order valence-corrected chi connectivity index (χ4v) is 6.85. The summed E-state index contributed by atoms with van der Waals surface area (Å²) >= 11 is 0. The van der Waals surface area contributed by atoms with Gasteiger partial charge in [-0.3, -0.25) is 0 Å². The van der Waals surface area contributed by atoms with Gasteiger partial charge >= 0.3 is 0 Å². The van der Waals surface area contributed by atoms with E-state index in [1.165, 1.54) is 30.7 Å². The number of aromatic nitrogens is 3. The lowest BCUT2D eigenvalue weighted by molar-refractivity contribution is 0.580. The van der Waals surface area contributed by atoms with E-state index in [9.17, 15) is 16.8 Å². The normalized spacial score (nSPS) is 14.4.